The molecule has 2 rings (SSSR count). The number of benzene rings is 1. The van der Waals surface area contributed by atoms with Gasteiger partial charge in [0.15, 0.2) is 0 Å². The molecule has 0 bridgehead atoms. The second-order valence-corrected chi connectivity index (χ2v) is 7.03. The molecule has 0 radical (unpaired) electrons. The van der Waals surface area contributed by atoms with Crippen molar-refractivity contribution in [2.75, 3.05) is 46.4 Å². The van der Waals surface area contributed by atoms with Crippen LogP contribution in [0, 0.1) is 0 Å². The Labute approximate surface area is 164 Å². The Morgan fingerprint density at radius 1 is 1.44 bits per heavy atom. The number of hydrogen-bond donors (Lipinski definition) is 2. The fourth-order valence-electron chi connectivity index (χ4n) is 2.79. The Bertz CT molecular complexity index is 628. The number of amides is 2. The summed E-state index contributed by atoms with van der Waals surface area (Å²) in [7, 11) is 1.71. The minimum Gasteiger partial charge on any atom is -0.489 e. The lowest BCUT2D eigenvalue weighted by atomic mass is 10.2. The Hall–Kier alpha value is -2.03. The summed E-state index contributed by atoms with van der Waals surface area (Å²) in [6.07, 6.45) is -0.412. The molecule has 8 nitrogen and oxygen atoms in total. The van der Waals surface area contributed by atoms with E-state index in [0.29, 0.717) is 43.6 Å². The van der Waals surface area contributed by atoms with Gasteiger partial charge in [-0.25, -0.2) is 4.79 Å². The fourth-order valence-corrected chi connectivity index (χ4v) is 2.91. The molecule has 1 unspecified atom stereocenters. The number of carboxylic acids is 1. The predicted octanol–water partition coefficient (Wildman–Crippen LogP) is 1.53. The van der Waals surface area contributed by atoms with Crippen LogP contribution >= 0.6 is 11.6 Å². The molecule has 1 aliphatic rings. The van der Waals surface area contributed by atoms with Crippen LogP contribution in [0.4, 0.5) is 4.79 Å². The molecule has 0 aliphatic carbocycles. The van der Waals surface area contributed by atoms with Gasteiger partial charge in [-0.05, 0) is 38.2 Å². The van der Waals surface area contributed by atoms with E-state index < -0.39 is 5.97 Å². The predicted molar refractivity (Wildman–Crippen MR) is 101 cm³/mol. The highest BCUT2D eigenvalue weighted by atomic mass is 35.5. The normalized spacial score (nSPS) is 18.2. The van der Waals surface area contributed by atoms with E-state index in [0.717, 1.165) is 0 Å². The second kappa shape index (κ2) is 10.3. The fraction of sp³-hybridized carbons (Fsp3) is 0.556. The smallest absolute Gasteiger partial charge is 0.317 e. The third-order valence-electron chi connectivity index (χ3n) is 4.04. The third kappa shape index (κ3) is 7.62. The first-order chi connectivity index (χ1) is 12.8. The van der Waals surface area contributed by atoms with E-state index in [9.17, 15) is 9.59 Å². The molecule has 2 amide bonds. The van der Waals surface area contributed by atoms with E-state index in [1.54, 1.807) is 41.1 Å². The van der Waals surface area contributed by atoms with Crippen LogP contribution in [0.2, 0.25) is 5.02 Å². The van der Waals surface area contributed by atoms with Gasteiger partial charge >= 0.3 is 12.0 Å². The van der Waals surface area contributed by atoms with Gasteiger partial charge in [0, 0.05) is 24.7 Å². The van der Waals surface area contributed by atoms with E-state index >= 15 is 0 Å². The monoisotopic (exact) mass is 399 g/mol. The first kappa shape index (κ1) is 21.3. The molecular formula is C18H26ClN3O5. The maximum Gasteiger partial charge on any atom is 0.317 e. The first-order valence-electron chi connectivity index (χ1n) is 8.80. The topological polar surface area (TPSA) is 91.3 Å². The maximum atomic E-state index is 12.4. The van der Waals surface area contributed by atoms with Crippen molar-refractivity contribution in [3.8, 4) is 5.75 Å². The molecule has 0 saturated carbocycles. The number of carbonyl (C=O) groups excluding carboxylic acids is 1. The molecule has 1 heterocycles. The molecule has 1 aliphatic heterocycles. The zero-order valence-electron chi connectivity index (χ0n) is 15.6. The van der Waals surface area contributed by atoms with Gasteiger partial charge in [0.25, 0.3) is 0 Å². The van der Waals surface area contributed by atoms with Gasteiger partial charge in [0.05, 0.1) is 25.8 Å². The lowest BCUT2D eigenvalue weighted by Crippen LogP contribution is -2.53. The Kier molecular flexibility index (Phi) is 8.15. The summed E-state index contributed by atoms with van der Waals surface area (Å²) in [5, 5.41) is 12.3. The SMILES string of the molecule is C[C@@H](CNC(=O)N1CCOC(CN(C)CC(=O)O)C1)Oc1ccc(Cl)cc1. The largest absolute Gasteiger partial charge is 0.489 e. The molecule has 0 aromatic heterocycles. The van der Waals surface area contributed by atoms with Crippen LogP contribution in [0.1, 0.15) is 6.92 Å². The molecule has 2 N–H and O–H groups in total. The Morgan fingerprint density at radius 2 is 2.15 bits per heavy atom. The number of aliphatic carboxylic acids is 1. The number of hydrogen-bond acceptors (Lipinski definition) is 5. The average molecular weight is 400 g/mol. The van der Waals surface area contributed by atoms with Crippen LogP contribution in [-0.2, 0) is 9.53 Å². The van der Waals surface area contributed by atoms with Crippen molar-refractivity contribution in [2.24, 2.45) is 0 Å². The average Bonchev–Trinajstić information content (AvgIpc) is 2.61. The Balaban J connectivity index is 1.74. The number of morpholine rings is 1. The summed E-state index contributed by atoms with van der Waals surface area (Å²) >= 11 is 5.84. The van der Waals surface area contributed by atoms with Crippen molar-refractivity contribution < 1.29 is 24.2 Å². The van der Waals surface area contributed by atoms with Crippen molar-refractivity contribution in [3.63, 3.8) is 0 Å². The molecule has 1 saturated heterocycles. The van der Waals surface area contributed by atoms with Crippen LogP contribution < -0.4 is 10.1 Å². The van der Waals surface area contributed by atoms with E-state index in [2.05, 4.69) is 5.32 Å². The van der Waals surface area contributed by atoms with E-state index in [1.807, 2.05) is 6.92 Å². The van der Waals surface area contributed by atoms with Crippen molar-refractivity contribution in [3.05, 3.63) is 29.3 Å². The van der Waals surface area contributed by atoms with Gasteiger partial charge in [-0.15, -0.1) is 0 Å². The number of ether oxygens (including phenoxy) is 2. The van der Waals surface area contributed by atoms with Crippen molar-refractivity contribution >= 4 is 23.6 Å². The lowest BCUT2D eigenvalue weighted by molar-refractivity contribution is -0.138. The van der Waals surface area contributed by atoms with Gasteiger partial charge < -0.3 is 24.8 Å². The number of halogens is 1. The van der Waals surface area contributed by atoms with Crippen LogP contribution in [0.15, 0.2) is 24.3 Å². The molecular weight excluding hydrogens is 374 g/mol. The summed E-state index contributed by atoms with van der Waals surface area (Å²) in [6.45, 7) is 3.97. The summed E-state index contributed by atoms with van der Waals surface area (Å²) in [5.41, 5.74) is 0. The molecule has 0 spiro atoms. The zero-order valence-corrected chi connectivity index (χ0v) is 16.3. The molecule has 9 heteroatoms. The summed E-state index contributed by atoms with van der Waals surface area (Å²) in [5.74, 6) is -0.202. The number of nitrogens with zero attached hydrogens (tertiary/aromatic N) is 2. The van der Waals surface area contributed by atoms with E-state index in [4.69, 9.17) is 26.2 Å². The lowest BCUT2D eigenvalue weighted by Gasteiger charge is -2.34. The van der Waals surface area contributed by atoms with Gasteiger partial charge in [-0.3, -0.25) is 9.69 Å². The number of carbonyl (C=O) groups is 2. The van der Waals surface area contributed by atoms with Gasteiger partial charge in [-0.2, -0.15) is 0 Å². The maximum absolute atomic E-state index is 12.4. The van der Waals surface area contributed by atoms with Crippen LogP contribution in [-0.4, -0.2) is 85.5 Å². The minimum atomic E-state index is -0.891. The minimum absolute atomic E-state index is 0.0639. The standard InChI is InChI=1S/C18H26ClN3O5/c1-13(27-15-5-3-14(19)4-6-15)9-20-18(25)22-7-8-26-16(11-22)10-21(2)12-17(23)24/h3-6,13,16H,7-12H2,1-2H3,(H,20,25)(H,23,24)/t13-,16?/m0/s1. The molecule has 2 atom stereocenters. The molecule has 150 valence electrons. The summed E-state index contributed by atoms with van der Waals surface area (Å²) in [6, 6.07) is 6.87. The zero-order chi connectivity index (χ0) is 19.8. The third-order valence-corrected chi connectivity index (χ3v) is 4.29. The number of rotatable bonds is 8. The van der Waals surface area contributed by atoms with Crippen LogP contribution in [0.25, 0.3) is 0 Å². The van der Waals surface area contributed by atoms with E-state index in [-0.39, 0.29) is 24.8 Å². The summed E-state index contributed by atoms with van der Waals surface area (Å²) < 4.78 is 11.4. The molecule has 1 fully saturated rings. The molecule has 1 aromatic carbocycles. The number of urea groups is 1. The quantitative estimate of drug-likeness (QED) is 0.689. The Morgan fingerprint density at radius 3 is 2.81 bits per heavy atom. The highest BCUT2D eigenvalue weighted by Crippen LogP contribution is 2.16. The van der Waals surface area contributed by atoms with E-state index in [1.165, 1.54) is 0 Å². The number of nitrogens with one attached hydrogen (secondary N) is 1. The molecule has 27 heavy (non-hydrogen) atoms. The number of likely N-dealkylation sites (N-methyl/N-ethyl adjacent to an activating group) is 1. The van der Waals surface area contributed by atoms with Crippen LogP contribution in [0.3, 0.4) is 0 Å². The number of carboxylic acid groups (broad SMARTS) is 1. The molecule has 1 aromatic rings. The second-order valence-electron chi connectivity index (χ2n) is 6.60. The highest BCUT2D eigenvalue weighted by Gasteiger charge is 2.25. The van der Waals surface area contributed by atoms with Crippen molar-refractivity contribution in [2.45, 2.75) is 19.1 Å². The van der Waals surface area contributed by atoms with Gasteiger partial charge in [0.2, 0.25) is 0 Å². The first-order valence-corrected chi connectivity index (χ1v) is 9.18. The summed E-state index contributed by atoms with van der Waals surface area (Å²) in [4.78, 5) is 26.5. The highest BCUT2D eigenvalue weighted by molar-refractivity contribution is 6.30. The van der Waals surface area contributed by atoms with Crippen molar-refractivity contribution in [1.29, 1.82) is 0 Å². The van der Waals surface area contributed by atoms with Crippen molar-refractivity contribution in [1.82, 2.24) is 15.1 Å². The van der Waals surface area contributed by atoms with Gasteiger partial charge in [0.1, 0.15) is 11.9 Å². The van der Waals surface area contributed by atoms with Gasteiger partial charge in [-0.1, -0.05) is 11.6 Å². The van der Waals surface area contributed by atoms with Crippen LogP contribution in [0.5, 0.6) is 5.75 Å².